The van der Waals surface area contributed by atoms with Crippen LogP contribution in [0.1, 0.15) is 47.9 Å². The smallest absolute Gasteiger partial charge is 0.151 e. The zero-order valence-electron chi connectivity index (χ0n) is 15.4. The average molecular weight is 391 g/mol. The highest BCUT2D eigenvalue weighted by Crippen LogP contribution is 2.31. The second-order valence-electron chi connectivity index (χ2n) is 7.44. The monoisotopic (exact) mass is 391 g/mol. The van der Waals surface area contributed by atoms with Crippen molar-refractivity contribution in [3.05, 3.63) is 69.8 Å². The molecular formula is C24H19F2NS. The minimum absolute atomic E-state index is 0.0170. The minimum Gasteiger partial charge on any atom is -0.206 e. The Morgan fingerprint density at radius 2 is 1.89 bits per heavy atom. The Balaban J connectivity index is 1.54. The van der Waals surface area contributed by atoms with Crippen LogP contribution in [0.5, 0.6) is 0 Å². The molecule has 0 N–H and O–H groups in total. The largest absolute Gasteiger partial charge is 0.206 e. The van der Waals surface area contributed by atoms with Gasteiger partial charge in [-0.1, -0.05) is 49.3 Å². The van der Waals surface area contributed by atoms with Gasteiger partial charge in [-0.3, -0.25) is 0 Å². The number of fused-ring (bicyclic) bond motifs is 1. The summed E-state index contributed by atoms with van der Waals surface area (Å²) >= 11 is 4.43. The third kappa shape index (κ3) is 4.12. The summed E-state index contributed by atoms with van der Waals surface area (Å²) in [5.74, 6) is 5.33. The Bertz CT molecular complexity index is 1060. The number of hydrogen-bond acceptors (Lipinski definition) is 2. The van der Waals surface area contributed by atoms with Crippen LogP contribution in [-0.2, 0) is 12.8 Å². The molecule has 0 heterocycles. The summed E-state index contributed by atoms with van der Waals surface area (Å²) in [6.07, 6.45) is 9.04. The van der Waals surface area contributed by atoms with Crippen LogP contribution in [0.15, 0.2) is 40.9 Å². The van der Waals surface area contributed by atoms with Crippen molar-refractivity contribution in [1.82, 2.24) is 0 Å². The van der Waals surface area contributed by atoms with Gasteiger partial charge in [0.25, 0.3) is 0 Å². The molecule has 2 aliphatic carbocycles. The molecule has 2 aliphatic rings. The average Bonchev–Trinajstić information content (AvgIpc) is 2.66. The second-order valence-corrected chi connectivity index (χ2v) is 7.62. The first-order valence-corrected chi connectivity index (χ1v) is 9.94. The maximum atomic E-state index is 14.1. The van der Waals surface area contributed by atoms with E-state index in [2.05, 4.69) is 53.3 Å². The van der Waals surface area contributed by atoms with Crippen LogP contribution in [0.25, 0.3) is 6.08 Å². The van der Waals surface area contributed by atoms with E-state index in [9.17, 15) is 8.78 Å². The number of allylic oxidation sites excluding steroid dienone is 1. The van der Waals surface area contributed by atoms with Crippen LogP contribution in [0.3, 0.4) is 0 Å². The van der Waals surface area contributed by atoms with E-state index in [-0.39, 0.29) is 11.3 Å². The molecule has 0 radical (unpaired) electrons. The molecule has 1 fully saturated rings. The predicted molar refractivity (Wildman–Crippen MR) is 112 cm³/mol. The number of halogens is 2. The number of aryl methyl sites for hydroxylation is 1. The van der Waals surface area contributed by atoms with E-state index < -0.39 is 11.6 Å². The lowest BCUT2D eigenvalue weighted by Gasteiger charge is -2.26. The molecule has 28 heavy (non-hydrogen) atoms. The standard InChI is InChI=1S/C24H19F2NS/c25-22-14-24(27-15-28)23(26)13-21(22)9-5-17-4-7-20-12-18(6-8-19(20)11-17)10-16-2-1-3-16/h6,8,11-14,16H,1-4,7,10H2. The highest BCUT2D eigenvalue weighted by molar-refractivity contribution is 7.78. The quantitative estimate of drug-likeness (QED) is 0.334. The lowest BCUT2D eigenvalue weighted by atomic mass is 9.80. The summed E-state index contributed by atoms with van der Waals surface area (Å²) in [4.78, 5) is 3.51. The first-order chi connectivity index (χ1) is 13.6. The van der Waals surface area contributed by atoms with Gasteiger partial charge in [0.15, 0.2) is 5.82 Å². The molecule has 2 aromatic carbocycles. The normalized spacial score (nSPS) is 15.4. The number of thiocarbonyl (C=S) groups is 1. The van der Waals surface area contributed by atoms with Gasteiger partial charge >= 0.3 is 0 Å². The molecular weight excluding hydrogens is 372 g/mol. The summed E-state index contributed by atoms with van der Waals surface area (Å²) in [5, 5.41) is 2.04. The first kappa shape index (κ1) is 18.7. The lowest BCUT2D eigenvalue weighted by molar-refractivity contribution is 0.314. The van der Waals surface area contributed by atoms with Crippen molar-refractivity contribution in [2.45, 2.75) is 38.5 Å². The third-order valence-corrected chi connectivity index (χ3v) is 5.60. The molecule has 4 rings (SSSR count). The third-order valence-electron chi connectivity index (χ3n) is 5.51. The summed E-state index contributed by atoms with van der Waals surface area (Å²) in [6, 6.07) is 8.72. The van der Waals surface area contributed by atoms with Gasteiger partial charge in [-0.05, 0) is 66.2 Å². The van der Waals surface area contributed by atoms with Crippen molar-refractivity contribution < 1.29 is 8.78 Å². The molecule has 0 unspecified atom stereocenters. The highest BCUT2D eigenvalue weighted by Gasteiger charge is 2.18. The number of rotatable bonds is 3. The number of benzene rings is 2. The Hall–Kier alpha value is -2.60. The number of aliphatic imine (C=N–C) groups is 1. The maximum Gasteiger partial charge on any atom is 0.151 e. The SMILES string of the molecule is Fc1cc(N=C=S)c(F)cc1C#CC1=Cc2ccc(CC3CCC3)cc2CC1. The van der Waals surface area contributed by atoms with E-state index >= 15 is 0 Å². The van der Waals surface area contributed by atoms with Crippen molar-refractivity contribution in [1.29, 1.82) is 0 Å². The van der Waals surface area contributed by atoms with Gasteiger partial charge in [0, 0.05) is 11.6 Å². The fraction of sp³-hybridized carbons (Fsp3) is 0.292. The fourth-order valence-corrected chi connectivity index (χ4v) is 3.81. The molecule has 0 aromatic heterocycles. The van der Waals surface area contributed by atoms with Gasteiger partial charge < -0.3 is 0 Å². The molecule has 0 spiro atoms. The van der Waals surface area contributed by atoms with E-state index in [0.717, 1.165) is 36.5 Å². The van der Waals surface area contributed by atoms with Gasteiger partial charge in [-0.2, -0.15) is 4.99 Å². The van der Waals surface area contributed by atoms with Crippen molar-refractivity contribution in [3.8, 4) is 11.8 Å². The van der Waals surface area contributed by atoms with Crippen LogP contribution in [0, 0.1) is 29.4 Å². The van der Waals surface area contributed by atoms with Gasteiger partial charge in [0.1, 0.15) is 11.5 Å². The minimum atomic E-state index is -0.662. The fourth-order valence-electron chi connectivity index (χ4n) is 3.72. The molecule has 0 bridgehead atoms. The van der Waals surface area contributed by atoms with Gasteiger partial charge in [0.2, 0.25) is 0 Å². The summed E-state index contributed by atoms with van der Waals surface area (Å²) < 4.78 is 28.0. The van der Waals surface area contributed by atoms with E-state index in [1.165, 1.54) is 42.4 Å². The highest BCUT2D eigenvalue weighted by atomic mass is 32.1. The lowest BCUT2D eigenvalue weighted by Crippen LogP contribution is -2.14. The van der Waals surface area contributed by atoms with Crippen molar-refractivity contribution in [3.63, 3.8) is 0 Å². The van der Waals surface area contributed by atoms with Crippen LogP contribution >= 0.6 is 12.2 Å². The molecule has 4 heteroatoms. The molecule has 140 valence electrons. The maximum absolute atomic E-state index is 14.1. The van der Waals surface area contributed by atoms with Crippen LogP contribution in [0.2, 0.25) is 0 Å². The van der Waals surface area contributed by atoms with Crippen LogP contribution in [0.4, 0.5) is 14.5 Å². The van der Waals surface area contributed by atoms with E-state index in [1.54, 1.807) is 0 Å². The Morgan fingerprint density at radius 1 is 1.04 bits per heavy atom. The number of isothiocyanates is 1. The topological polar surface area (TPSA) is 12.4 Å². The Kier molecular flexibility index (Phi) is 5.48. The van der Waals surface area contributed by atoms with Crippen molar-refractivity contribution >= 4 is 29.1 Å². The molecule has 0 amide bonds. The molecule has 0 aliphatic heterocycles. The zero-order chi connectivity index (χ0) is 19.5. The molecule has 0 atom stereocenters. The molecule has 2 aromatic rings. The summed E-state index contributed by atoms with van der Waals surface area (Å²) in [7, 11) is 0. The van der Waals surface area contributed by atoms with Crippen LogP contribution in [-0.4, -0.2) is 5.16 Å². The molecule has 1 saturated carbocycles. The van der Waals surface area contributed by atoms with E-state index in [4.69, 9.17) is 0 Å². The van der Waals surface area contributed by atoms with Crippen molar-refractivity contribution in [2.75, 3.05) is 0 Å². The van der Waals surface area contributed by atoms with Gasteiger partial charge in [-0.15, -0.1) is 0 Å². The van der Waals surface area contributed by atoms with Gasteiger partial charge in [-0.25, -0.2) is 8.78 Å². The zero-order valence-corrected chi connectivity index (χ0v) is 16.2. The molecule has 0 saturated heterocycles. The van der Waals surface area contributed by atoms with Gasteiger partial charge in [0.05, 0.1) is 10.7 Å². The van der Waals surface area contributed by atoms with E-state index in [1.807, 2.05) is 5.16 Å². The predicted octanol–water partition coefficient (Wildman–Crippen LogP) is 6.42. The summed E-state index contributed by atoms with van der Waals surface area (Å²) in [5.41, 5.74) is 4.72. The Labute approximate surface area is 169 Å². The summed E-state index contributed by atoms with van der Waals surface area (Å²) in [6.45, 7) is 0. The van der Waals surface area contributed by atoms with Crippen molar-refractivity contribution in [2.24, 2.45) is 10.9 Å². The number of hydrogen-bond donors (Lipinski definition) is 0. The second kappa shape index (κ2) is 8.19. The molecule has 1 nitrogen and oxygen atoms in total. The first-order valence-electron chi connectivity index (χ1n) is 9.53. The number of nitrogens with zero attached hydrogens (tertiary/aromatic N) is 1. The Morgan fingerprint density at radius 3 is 2.64 bits per heavy atom. The van der Waals surface area contributed by atoms with E-state index in [0.29, 0.717) is 0 Å². The van der Waals surface area contributed by atoms with Crippen LogP contribution < -0.4 is 0 Å².